The van der Waals surface area contributed by atoms with Crippen molar-refractivity contribution in [2.75, 3.05) is 6.54 Å². The Morgan fingerprint density at radius 1 is 1.22 bits per heavy atom. The van der Waals surface area contributed by atoms with Crippen molar-refractivity contribution in [2.24, 2.45) is 0 Å². The van der Waals surface area contributed by atoms with Crippen molar-refractivity contribution in [1.82, 2.24) is 9.88 Å². The first-order valence-electron chi connectivity index (χ1n) is 7.09. The normalized spacial score (nSPS) is 10.3. The van der Waals surface area contributed by atoms with Crippen LogP contribution in [0.2, 0.25) is 0 Å². The van der Waals surface area contributed by atoms with Crippen LogP contribution in [0.1, 0.15) is 16.8 Å². The van der Waals surface area contributed by atoms with Gasteiger partial charge in [0.2, 0.25) is 5.91 Å². The third kappa shape index (κ3) is 5.49. The average molecular weight is 377 g/mol. The third-order valence-electron chi connectivity index (χ3n) is 3.27. The molecule has 1 heterocycles. The Hall–Kier alpha value is -2.21. The number of halogens is 1. The van der Waals surface area contributed by atoms with Gasteiger partial charge in [-0.25, -0.2) is 0 Å². The van der Waals surface area contributed by atoms with Gasteiger partial charge in [-0.3, -0.25) is 14.6 Å². The summed E-state index contributed by atoms with van der Waals surface area (Å²) in [5.41, 5.74) is 2.51. The number of carbonyl (C=O) groups is 2. The van der Waals surface area contributed by atoms with Crippen LogP contribution >= 0.6 is 15.9 Å². The Balaban J connectivity index is 2.11. The van der Waals surface area contributed by atoms with E-state index >= 15 is 0 Å². The molecule has 1 aromatic carbocycles. The van der Waals surface area contributed by atoms with E-state index in [2.05, 4.69) is 20.9 Å². The second-order valence-corrected chi connectivity index (χ2v) is 6.17. The minimum Gasteiger partial charge on any atom is -0.480 e. The second-order valence-electron chi connectivity index (χ2n) is 5.26. The van der Waals surface area contributed by atoms with Gasteiger partial charge in [0.15, 0.2) is 0 Å². The predicted molar refractivity (Wildman–Crippen MR) is 89.9 cm³/mol. The molecule has 0 aliphatic carbocycles. The molecule has 0 saturated heterocycles. The summed E-state index contributed by atoms with van der Waals surface area (Å²) in [5, 5.41) is 9.05. The van der Waals surface area contributed by atoms with Crippen LogP contribution < -0.4 is 0 Å². The van der Waals surface area contributed by atoms with Gasteiger partial charge in [0.05, 0.1) is 6.42 Å². The van der Waals surface area contributed by atoms with Crippen molar-refractivity contribution < 1.29 is 14.7 Å². The lowest BCUT2D eigenvalue weighted by atomic mass is 10.1. The number of hydrogen-bond acceptors (Lipinski definition) is 3. The van der Waals surface area contributed by atoms with E-state index in [0.717, 1.165) is 21.3 Å². The molecule has 0 radical (unpaired) electrons. The van der Waals surface area contributed by atoms with E-state index < -0.39 is 5.97 Å². The third-order valence-corrected chi connectivity index (χ3v) is 3.76. The summed E-state index contributed by atoms with van der Waals surface area (Å²) in [6, 6.07) is 11.1. The Labute approximate surface area is 143 Å². The molecule has 0 aliphatic heterocycles. The number of nitrogens with zero attached hydrogens (tertiary/aromatic N) is 2. The minimum absolute atomic E-state index is 0.133. The highest BCUT2D eigenvalue weighted by Crippen LogP contribution is 2.14. The molecule has 1 N–H and O–H groups in total. The van der Waals surface area contributed by atoms with Gasteiger partial charge < -0.3 is 10.0 Å². The summed E-state index contributed by atoms with van der Waals surface area (Å²) >= 11 is 3.37. The smallest absolute Gasteiger partial charge is 0.323 e. The summed E-state index contributed by atoms with van der Waals surface area (Å²) in [4.78, 5) is 29.0. The van der Waals surface area contributed by atoms with E-state index in [4.69, 9.17) is 5.11 Å². The molecule has 6 heteroatoms. The quantitative estimate of drug-likeness (QED) is 0.841. The average Bonchev–Trinajstić information content (AvgIpc) is 2.48. The van der Waals surface area contributed by atoms with Crippen LogP contribution in [0.5, 0.6) is 0 Å². The van der Waals surface area contributed by atoms with Gasteiger partial charge in [0.1, 0.15) is 6.54 Å². The van der Waals surface area contributed by atoms with Gasteiger partial charge in [-0.05, 0) is 36.2 Å². The molecule has 120 valence electrons. The van der Waals surface area contributed by atoms with E-state index in [0.29, 0.717) is 0 Å². The molecule has 2 rings (SSSR count). The van der Waals surface area contributed by atoms with Gasteiger partial charge >= 0.3 is 5.97 Å². The molecular formula is C17H17BrN2O3. The first-order valence-corrected chi connectivity index (χ1v) is 7.89. The zero-order valence-electron chi connectivity index (χ0n) is 12.7. The lowest BCUT2D eigenvalue weighted by Gasteiger charge is -2.21. The number of carbonyl (C=O) groups excluding carboxylic acids is 1. The molecule has 0 atom stereocenters. The molecular weight excluding hydrogens is 360 g/mol. The summed E-state index contributed by atoms with van der Waals surface area (Å²) in [6.45, 7) is 1.80. The van der Waals surface area contributed by atoms with Crippen molar-refractivity contribution >= 4 is 27.8 Å². The second kappa shape index (κ2) is 7.87. The van der Waals surface area contributed by atoms with E-state index in [1.54, 1.807) is 6.20 Å². The fraction of sp³-hybridized carbons (Fsp3) is 0.235. The SMILES string of the molecule is Cc1ccc(CC(=O)N(CC(=O)O)Cc2cccc(Br)c2)cn1. The monoisotopic (exact) mass is 376 g/mol. The lowest BCUT2D eigenvalue weighted by molar-refractivity contribution is -0.144. The molecule has 0 bridgehead atoms. The van der Waals surface area contributed by atoms with Crippen molar-refractivity contribution in [2.45, 2.75) is 19.9 Å². The number of pyridine rings is 1. The van der Waals surface area contributed by atoms with E-state index in [9.17, 15) is 9.59 Å². The summed E-state index contributed by atoms with van der Waals surface area (Å²) in [7, 11) is 0. The molecule has 23 heavy (non-hydrogen) atoms. The molecule has 0 fully saturated rings. The zero-order chi connectivity index (χ0) is 16.8. The molecule has 0 unspecified atom stereocenters. The molecule has 0 saturated carbocycles. The van der Waals surface area contributed by atoms with Crippen LogP contribution in [-0.4, -0.2) is 33.4 Å². The zero-order valence-corrected chi connectivity index (χ0v) is 14.3. The maximum Gasteiger partial charge on any atom is 0.323 e. The van der Waals surface area contributed by atoms with Crippen molar-refractivity contribution in [1.29, 1.82) is 0 Å². The van der Waals surface area contributed by atoms with Crippen molar-refractivity contribution in [3.63, 3.8) is 0 Å². The topological polar surface area (TPSA) is 70.5 Å². The molecule has 1 amide bonds. The van der Waals surface area contributed by atoms with E-state index in [-0.39, 0.29) is 25.4 Å². The largest absolute Gasteiger partial charge is 0.480 e. The number of rotatable bonds is 6. The first-order chi connectivity index (χ1) is 10.9. The standard InChI is InChI=1S/C17H17BrN2O3/c1-12-5-6-13(9-19-12)8-16(21)20(11-17(22)23)10-14-3-2-4-15(18)7-14/h2-7,9H,8,10-11H2,1H3,(H,22,23). The van der Waals surface area contributed by atoms with Gasteiger partial charge in [-0.2, -0.15) is 0 Å². The number of amides is 1. The predicted octanol–water partition coefficient (Wildman–Crippen LogP) is 2.81. The Morgan fingerprint density at radius 2 is 2.00 bits per heavy atom. The van der Waals surface area contributed by atoms with Crippen molar-refractivity contribution in [3.05, 3.63) is 63.9 Å². The minimum atomic E-state index is -1.03. The molecule has 1 aromatic heterocycles. The van der Waals surface area contributed by atoms with Crippen LogP contribution in [0.25, 0.3) is 0 Å². The van der Waals surface area contributed by atoms with Crippen LogP contribution in [0.4, 0.5) is 0 Å². The van der Waals surface area contributed by atoms with Crippen LogP contribution in [0.3, 0.4) is 0 Å². The number of benzene rings is 1. The molecule has 5 nitrogen and oxygen atoms in total. The number of carboxylic acids is 1. The van der Waals surface area contributed by atoms with Crippen LogP contribution in [0.15, 0.2) is 47.1 Å². The van der Waals surface area contributed by atoms with Gasteiger partial charge in [0, 0.05) is 22.9 Å². The van der Waals surface area contributed by atoms with Crippen LogP contribution in [0, 0.1) is 6.92 Å². The first kappa shape index (κ1) is 17.1. The maximum absolute atomic E-state index is 12.4. The number of carboxylic acid groups (broad SMARTS) is 1. The fourth-order valence-corrected chi connectivity index (χ4v) is 2.59. The molecule has 2 aromatic rings. The van der Waals surface area contributed by atoms with Crippen LogP contribution in [-0.2, 0) is 22.6 Å². The Morgan fingerprint density at radius 3 is 2.61 bits per heavy atom. The maximum atomic E-state index is 12.4. The molecule has 0 spiro atoms. The number of aliphatic carboxylic acids is 1. The van der Waals surface area contributed by atoms with Crippen molar-refractivity contribution in [3.8, 4) is 0 Å². The Bertz CT molecular complexity index is 701. The summed E-state index contributed by atoms with van der Waals surface area (Å²) < 4.78 is 0.889. The summed E-state index contributed by atoms with van der Waals surface area (Å²) in [6.07, 6.45) is 1.78. The highest BCUT2D eigenvalue weighted by molar-refractivity contribution is 9.10. The highest BCUT2D eigenvalue weighted by atomic mass is 79.9. The highest BCUT2D eigenvalue weighted by Gasteiger charge is 2.18. The number of hydrogen-bond donors (Lipinski definition) is 1. The lowest BCUT2D eigenvalue weighted by Crippen LogP contribution is -2.36. The summed E-state index contributed by atoms with van der Waals surface area (Å²) in [5.74, 6) is -1.27. The number of aryl methyl sites for hydroxylation is 1. The molecule has 0 aliphatic rings. The van der Waals surface area contributed by atoms with Gasteiger partial charge in [-0.1, -0.05) is 34.1 Å². The number of aromatic nitrogens is 1. The van der Waals surface area contributed by atoms with E-state index in [1.807, 2.05) is 43.3 Å². The van der Waals surface area contributed by atoms with Gasteiger partial charge in [-0.15, -0.1) is 0 Å². The Kier molecular flexibility index (Phi) is 5.87. The van der Waals surface area contributed by atoms with E-state index in [1.165, 1.54) is 4.90 Å². The fourth-order valence-electron chi connectivity index (χ4n) is 2.14. The van der Waals surface area contributed by atoms with Gasteiger partial charge in [0.25, 0.3) is 0 Å².